The molecule has 0 aromatic heterocycles. The number of hydrogen-bond donors (Lipinski definition) is 0. The first-order valence-corrected chi connectivity index (χ1v) is 9.88. The number of aliphatic imine (C=N–C) groups is 1. The molecule has 4 rings (SSSR count). The van der Waals surface area contributed by atoms with E-state index in [1.807, 2.05) is 42.7 Å². The number of nitrogens with zero attached hydrogens (tertiary/aromatic N) is 5. The molecule has 0 bridgehead atoms. The highest BCUT2D eigenvalue weighted by Gasteiger charge is 2.54. The lowest BCUT2D eigenvalue weighted by atomic mass is 10.1. The van der Waals surface area contributed by atoms with Crippen LogP contribution in [-0.4, -0.2) is 77.4 Å². The van der Waals surface area contributed by atoms with Gasteiger partial charge in [-0.25, -0.2) is 14.3 Å². The number of rotatable bonds is 5. The maximum absolute atomic E-state index is 13.1. The van der Waals surface area contributed by atoms with Crippen LogP contribution in [0, 0.1) is 0 Å². The molecular weight excluding hydrogens is 358 g/mol. The zero-order valence-electron chi connectivity index (χ0n) is 16.6. The first-order chi connectivity index (χ1) is 13.6. The Morgan fingerprint density at radius 2 is 1.96 bits per heavy atom. The fraction of sp³-hybridized carbons (Fsp3) is 0.500. The molecule has 0 aliphatic carbocycles. The summed E-state index contributed by atoms with van der Waals surface area (Å²) in [4.78, 5) is 35.4. The van der Waals surface area contributed by atoms with Crippen molar-refractivity contribution >= 4 is 29.4 Å². The molecule has 0 radical (unpaired) electrons. The van der Waals surface area contributed by atoms with Crippen molar-refractivity contribution in [2.75, 3.05) is 38.2 Å². The second-order valence-corrected chi connectivity index (χ2v) is 7.13. The normalized spacial score (nSPS) is 21.8. The van der Waals surface area contributed by atoms with Gasteiger partial charge in [0.2, 0.25) is 11.9 Å². The Morgan fingerprint density at radius 3 is 2.64 bits per heavy atom. The molecule has 8 nitrogen and oxygen atoms in total. The maximum atomic E-state index is 13.1. The number of hydrogen-bond acceptors (Lipinski definition) is 5. The van der Waals surface area contributed by atoms with Crippen molar-refractivity contribution in [3.05, 3.63) is 24.3 Å². The fourth-order valence-electron chi connectivity index (χ4n) is 4.01. The monoisotopic (exact) mass is 384 g/mol. The van der Waals surface area contributed by atoms with Gasteiger partial charge in [0.15, 0.2) is 0 Å². The van der Waals surface area contributed by atoms with Gasteiger partial charge in [0.1, 0.15) is 11.4 Å². The number of likely N-dealkylation sites (N-methyl/N-ethyl adjacent to an activating group) is 1. The van der Waals surface area contributed by atoms with Gasteiger partial charge in [0.05, 0.1) is 19.7 Å². The Balaban J connectivity index is 1.69. The predicted molar refractivity (Wildman–Crippen MR) is 106 cm³/mol. The van der Waals surface area contributed by atoms with Crippen molar-refractivity contribution in [1.29, 1.82) is 0 Å². The summed E-state index contributed by atoms with van der Waals surface area (Å²) in [7, 11) is 1.70. The summed E-state index contributed by atoms with van der Waals surface area (Å²) in [6, 6.07) is 7.08. The quantitative estimate of drug-likeness (QED) is 0.726. The number of urea groups is 1. The van der Waals surface area contributed by atoms with Crippen LogP contribution in [0.1, 0.15) is 26.7 Å². The second kappa shape index (κ2) is 7.26. The minimum Gasteiger partial charge on any atom is -0.494 e. The average Bonchev–Trinajstić information content (AvgIpc) is 3.10. The number of carbonyl (C=O) groups excluding carboxylic acids is 2. The SMILES string of the molecule is CCCN1C(=O)C2C(=NC3=[N+]2CCCN3c2ccc(OCC)cc2)N(C)C1=O. The summed E-state index contributed by atoms with van der Waals surface area (Å²) in [6.07, 6.45) is 1.65. The number of ether oxygens (including phenoxy) is 1. The summed E-state index contributed by atoms with van der Waals surface area (Å²) in [6.45, 7) is 6.53. The highest BCUT2D eigenvalue weighted by Crippen LogP contribution is 2.27. The van der Waals surface area contributed by atoms with Crippen molar-refractivity contribution < 1.29 is 18.9 Å². The molecule has 1 fully saturated rings. The first-order valence-electron chi connectivity index (χ1n) is 9.88. The lowest BCUT2D eigenvalue weighted by molar-refractivity contribution is -0.539. The number of fused-ring (bicyclic) bond motifs is 2. The van der Waals surface area contributed by atoms with Crippen LogP contribution in [0.4, 0.5) is 10.5 Å². The Morgan fingerprint density at radius 1 is 1.21 bits per heavy atom. The van der Waals surface area contributed by atoms with E-state index in [1.165, 1.54) is 9.80 Å². The van der Waals surface area contributed by atoms with Crippen LogP contribution in [0.2, 0.25) is 0 Å². The molecule has 0 N–H and O–H groups in total. The summed E-state index contributed by atoms with van der Waals surface area (Å²) < 4.78 is 7.56. The maximum Gasteiger partial charge on any atom is 0.397 e. The smallest absolute Gasteiger partial charge is 0.397 e. The van der Waals surface area contributed by atoms with E-state index in [0.717, 1.165) is 43.3 Å². The van der Waals surface area contributed by atoms with Crippen molar-refractivity contribution in [3.8, 4) is 5.75 Å². The molecular formula is C20H26N5O3+. The molecule has 3 aliphatic rings. The van der Waals surface area contributed by atoms with Crippen LogP contribution in [0.5, 0.6) is 5.75 Å². The number of anilines is 1. The van der Waals surface area contributed by atoms with Crippen LogP contribution in [0.25, 0.3) is 0 Å². The molecule has 8 heteroatoms. The third kappa shape index (κ3) is 2.83. The molecule has 3 aliphatic heterocycles. The molecule has 3 heterocycles. The Kier molecular flexibility index (Phi) is 4.78. The van der Waals surface area contributed by atoms with E-state index in [1.54, 1.807) is 7.05 Å². The first kappa shape index (κ1) is 18.5. The predicted octanol–water partition coefficient (Wildman–Crippen LogP) is 1.75. The van der Waals surface area contributed by atoms with E-state index >= 15 is 0 Å². The zero-order valence-corrected chi connectivity index (χ0v) is 16.6. The largest absolute Gasteiger partial charge is 0.494 e. The second-order valence-electron chi connectivity index (χ2n) is 7.13. The van der Waals surface area contributed by atoms with E-state index in [0.29, 0.717) is 19.0 Å². The molecule has 1 atom stereocenters. The lowest BCUT2D eigenvalue weighted by Gasteiger charge is -2.34. The molecule has 1 aromatic rings. The molecule has 1 unspecified atom stereocenters. The topological polar surface area (TPSA) is 68.5 Å². The van der Waals surface area contributed by atoms with Crippen LogP contribution >= 0.6 is 0 Å². The number of benzene rings is 1. The number of carbonyl (C=O) groups is 2. The third-order valence-electron chi connectivity index (χ3n) is 5.32. The van der Waals surface area contributed by atoms with Gasteiger partial charge in [-0.05, 0) is 37.6 Å². The van der Waals surface area contributed by atoms with E-state index in [9.17, 15) is 9.59 Å². The van der Waals surface area contributed by atoms with Gasteiger partial charge < -0.3 is 4.74 Å². The lowest BCUT2D eigenvalue weighted by Crippen LogP contribution is -2.63. The molecule has 0 spiro atoms. The van der Waals surface area contributed by atoms with Crippen LogP contribution in [0.15, 0.2) is 29.3 Å². The van der Waals surface area contributed by atoms with Crippen LogP contribution < -0.4 is 9.64 Å². The third-order valence-corrected chi connectivity index (χ3v) is 5.32. The van der Waals surface area contributed by atoms with E-state index in [2.05, 4.69) is 4.90 Å². The summed E-state index contributed by atoms with van der Waals surface area (Å²) in [5, 5.41) is 0. The van der Waals surface area contributed by atoms with Crippen molar-refractivity contribution in [3.63, 3.8) is 0 Å². The minimum absolute atomic E-state index is 0.174. The van der Waals surface area contributed by atoms with Crippen LogP contribution in [0.3, 0.4) is 0 Å². The van der Waals surface area contributed by atoms with Gasteiger partial charge in [-0.2, -0.15) is 0 Å². The minimum atomic E-state index is -0.519. The fourth-order valence-corrected chi connectivity index (χ4v) is 4.01. The summed E-state index contributed by atoms with van der Waals surface area (Å²) >= 11 is 0. The van der Waals surface area contributed by atoms with Crippen molar-refractivity contribution in [1.82, 2.24) is 9.80 Å². The molecule has 3 amide bonds. The standard InChI is InChI=1S/C20H26N5O3/c1-4-11-25-18(26)16-17(22(3)20(25)27)21-19-23(12-6-13-24(16)19)14-7-9-15(10-8-14)28-5-2/h7-10,16H,4-6,11-13H2,1-3H3/q+1. The molecule has 28 heavy (non-hydrogen) atoms. The zero-order chi connectivity index (χ0) is 19.8. The number of amides is 3. The van der Waals surface area contributed by atoms with E-state index in [-0.39, 0.29) is 11.9 Å². The summed E-state index contributed by atoms with van der Waals surface area (Å²) in [5.74, 6) is 1.91. The Bertz CT molecular complexity index is 861. The van der Waals surface area contributed by atoms with Gasteiger partial charge in [-0.1, -0.05) is 11.9 Å². The number of guanidine groups is 1. The van der Waals surface area contributed by atoms with Crippen molar-refractivity contribution in [2.45, 2.75) is 32.7 Å². The van der Waals surface area contributed by atoms with E-state index < -0.39 is 6.04 Å². The molecule has 148 valence electrons. The number of amidine groups is 1. The number of imide groups is 1. The van der Waals surface area contributed by atoms with Crippen LogP contribution in [-0.2, 0) is 4.79 Å². The van der Waals surface area contributed by atoms with Gasteiger partial charge >= 0.3 is 12.0 Å². The Labute approximate surface area is 164 Å². The van der Waals surface area contributed by atoms with Gasteiger partial charge in [-0.3, -0.25) is 14.6 Å². The Hall–Kier alpha value is -2.90. The summed E-state index contributed by atoms with van der Waals surface area (Å²) in [5.41, 5.74) is 0.998. The van der Waals surface area contributed by atoms with E-state index in [4.69, 9.17) is 9.73 Å². The van der Waals surface area contributed by atoms with Gasteiger partial charge in [-0.15, -0.1) is 0 Å². The molecule has 1 saturated heterocycles. The molecule has 0 saturated carbocycles. The molecule has 1 aromatic carbocycles. The highest BCUT2D eigenvalue weighted by molar-refractivity contribution is 6.24. The highest BCUT2D eigenvalue weighted by atomic mass is 16.5. The van der Waals surface area contributed by atoms with Crippen molar-refractivity contribution in [2.24, 2.45) is 4.99 Å². The van der Waals surface area contributed by atoms with Gasteiger partial charge in [0.25, 0.3) is 5.91 Å². The van der Waals surface area contributed by atoms with Gasteiger partial charge in [0, 0.05) is 20.0 Å². The average molecular weight is 384 g/mol.